The van der Waals surface area contributed by atoms with Gasteiger partial charge in [-0.15, -0.1) is 0 Å². The van der Waals surface area contributed by atoms with Crippen molar-refractivity contribution in [1.29, 1.82) is 0 Å². The Kier molecular flexibility index (Phi) is 3.43. The fourth-order valence-electron chi connectivity index (χ4n) is 1.26. The number of nitrogens with two attached hydrogens (primary N) is 1. The number of aromatic nitrogens is 3. The van der Waals surface area contributed by atoms with Gasteiger partial charge in [0.15, 0.2) is 5.82 Å². The van der Waals surface area contributed by atoms with E-state index in [1.165, 1.54) is 11.5 Å². The third-order valence-electron chi connectivity index (χ3n) is 2.03. The molecule has 0 aliphatic rings. The van der Waals surface area contributed by atoms with Crippen molar-refractivity contribution >= 4 is 11.5 Å². The summed E-state index contributed by atoms with van der Waals surface area (Å²) in [4.78, 5) is 8.42. The fourth-order valence-corrected chi connectivity index (χ4v) is 1.93. The van der Waals surface area contributed by atoms with Crippen LogP contribution in [-0.2, 0) is 6.42 Å². The van der Waals surface area contributed by atoms with Crippen molar-refractivity contribution in [2.75, 3.05) is 13.7 Å². The number of hydrogen-bond acceptors (Lipinski definition) is 6. The molecule has 0 aliphatic carbocycles. The van der Waals surface area contributed by atoms with Gasteiger partial charge in [0.2, 0.25) is 5.88 Å². The Bertz CT molecular complexity index is 471. The van der Waals surface area contributed by atoms with Crippen LogP contribution < -0.4 is 10.5 Å². The maximum atomic E-state index is 5.46. The van der Waals surface area contributed by atoms with Gasteiger partial charge in [-0.2, -0.15) is 4.37 Å². The van der Waals surface area contributed by atoms with Crippen LogP contribution in [0.25, 0.3) is 11.4 Å². The Hall–Kier alpha value is -1.53. The quantitative estimate of drug-likeness (QED) is 0.860. The predicted molar refractivity (Wildman–Crippen MR) is 62.5 cm³/mol. The van der Waals surface area contributed by atoms with Crippen LogP contribution in [0.3, 0.4) is 0 Å². The van der Waals surface area contributed by atoms with Gasteiger partial charge in [-0.25, -0.2) is 9.97 Å². The van der Waals surface area contributed by atoms with Gasteiger partial charge in [0.1, 0.15) is 5.01 Å². The van der Waals surface area contributed by atoms with Crippen LogP contribution in [0.4, 0.5) is 0 Å². The summed E-state index contributed by atoms with van der Waals surface area (Å²) in [6.07, 6.45) is 2.44. The molecular weight excluding hydrogens is 224 g/mol. The average molecular weight is 236 g/mol. The average Bonchev–Trinajstić information content (AvgIpc) is 2.78. The number of ether oxygens (including phenoxy) is 1. The zero-order valence-corrected chi connectivity index (χ0v) is 9.70. The molecule has 0 bridgehead atoms. The number of pyridine rings is 1. The zero-order valence-electron chi connectivity index (χ0n) is 8.88. The molecule has 0 atom stereocenters. The first-order valence-electron chi connectivity index (χ1n) is 4.86. The molecule has 16 heavy (non-hydrogen) atoms. The SMILES string of the molecule is COc1cc(-c2nsc(CCN)n2)ccn1. The smallest absolute Gasteiger partial charge is 0.213 e. The topological polar surface area (TPSA) is 73.9 Å². The molecule has 2 N–H and O–H groups in total. The Morgan fingerprint density at radius 3 is 3.12 bits per heavy atom. The summed E-state index contributed by atoms with van der Waals surface area (Å²) in [5.41, 5.74) is 6.37. The lowest BCUT2D eigenvalue weighted by Crippen LogP contribution is -2.01. The van der Waals surface area contributed by atoms with E-state index in [1.807, 2.05) is 12.1 Å². The molecule has 84 valence electrons. The van der Waals surface area contributed by atoms with E-state index in [1.54, 1.807) is 13.3 Å². The largest absolute Gasteiger partial charge is 0.481 e. The van der Waals surface area contributed by atoms with Gasteiger partial charge < -0.3 is 10.5 Å². The molecule has 2 aromatic rings. The minimum atomic E-state index is 0.563. The molecule has 2 rings (SSSR count). The van der Waals surface area contributed by atoms with Crippen LogP contribution in [0, 0.1) is 0 Å². The fraction of sp³-hybridized carbons (Fsp3) is 0.300. The molecule has 2 aromatic heterocycles. The normalized spacial score (nSPS) is 10.4. The molecule has 0 unspecified atom stereocenters. The zero-order chi connectivity index (χ0) is 11.4. The number of hydrogen-bond donors (Lipinski definition) is 1. The molecule has 0 aromatic carbocycles. The molecule has 0 aliphatic heterocycles. The second kappa shape index (κ2) is 5.00. The Balaban J connectivity index is 2.27. The molecule has 0 fully saturated rings. The summed E-state index contributed by atoms with van der Waals surface area (Å²) >= 11 is 1.38. The van der Waals surface area contributed by atoms with Crippen molar-refractivity contribution < 1.29 is 4.74 Å². The van der Waals surface area contributed by atoms with Crippen LogP contribution in [0.1, 0.15) is 5.01 Å². The van der Waals surface area contributed by atoms with Crippen molar-refractivity contribution in [2.24, 2.45) is 5.73 Å². The minimum Gasteiger partial charge on any atom is -0.481 e. The maximum absolute atomic E-state index is 5.46. The minimum absolute atomic E-state index is 0.563. The molecule has 0 spiro atoms. The van der Waals surface area contributed by atoms with E-state index in [0.717, 1.165) is 17.0 Å². The highest BCUT2D eigenvalue weighted by atomic mass is 32.1. The van der Waals surface area contributed by atoms with Crippen LogP contribution in [-0.4, -0.2) is 28.0 Å². The van der Waals surface area contributed by atoms with Crippen molar-refractivity contribution in [3.05, 3.63) is 23.3 Å². The second-order valence-corrected chi connectivity index (χ2v) is 3.97. The van der Waals surface area contributed by atoms with Crippen molar-refractivity contribution in [1.82, 2.24) is 14.3 Å². The van der Waals surface area contributed by atoms with Gasteiger partial charge in [-0.3, -0.25) is 0 Å². The monoisotopic (exact) mass is 236 g/mol. The van der Waals surface area contributed by atoms with Crippen molar-refractivity contribution in [3.63, 3.8) is 0 Å². The van der Waals surface area contributed by atoms with E-state index in [0.29, 0.717) is 18.2 Å². The highest BCUT2D eigenvalue weighted by Gasteiger charge is 2.07. The first-order valence-corrected chi connectivity index (χ1v) is 5.64. The van der Waals surface area contributed by atoms with Crippen LogP contribution in [0.5, 0.6) is 5.88 Å². The number of rotatable bonds is 4. The molecule has 5 nitrogen and oxygen atoms in total. The lowest BCUT2D eigenvalue weighted by Gasteiger charge is -1.99. The maximum Gasteiger partial charge on any atom is 0.213 e. The summed E-state index contributed by atoms with van der Waals surface area (Å²) in [6, 6.07) is 3.67. The molecule has 6 heteroatoms. The van der Waals surface area contributed by atoms with E-state index in [9.17, 15) is 0 Å². The molecule has 2 heterocycles. The van der Waals surface area contributed by atoms with Crippen molar-refractivity contribution in [3.8, 4) is 17.3 Å². The predicted octanol–water partition coefficient (Wildman–Crippen LogP) is 1.11. The number of methoxy groups -OCH3 is 1. The molecular formula is C10H12N4OS. The van der Waals surface area contributed by atoms with Gasteiger partial charge in [-0.05, 0) is 24.1 Å². The first-order chi connectivity index (χ1) is 7.83. The van der Waals surface area contributed by atoms with E-state index in [4.69, 9.17) is 10.5 Å². The summed E-state index contributed by atoms with van der Waals surface area (Å²) in [5, 5.41) is 0.952. The molecule has 0 radical (unpaired) electrons. The molecule has 0 saturated heterocycles. The van der Waals surface area contributed by atoms with Crippen LogP contribution in [0.2, 0.25) is 0 Å². The Morgan fingerprint density at radius 1 is 1.50 bits per heavy atom. The van der Waals surface area contributed by atoms with Crippen LogP contribution >= 0.6 is 11.5 Å². The summed E-state index contributed by atoms with van der Waals surface area (Å²) in [7, 11) is 1.58. The third-order valence-corrected chi connectivity index (χ3v) is 2.80. The van der Waals surface area contributed by atoms with Gasteiger partial charge in [0.05, 0.1) is 7.11 Å². The van der Waals surface area contributed by atoms with Gasteiger partial charge in [-0.1, -0.05) is 0 Å². The lowest BCUT2D eigenvalue weighted by molar-refractivity contribution is 0.398. The van der Waals surface area contributed by atoms with E-state index in [2.05, 4.69) is 14.3 Å². The Morgan fingerprint density at radius 2 is 2.38 bits per heavy atom. The molecule has 0 amide bonds. The van der Waals surface area contributed by atoms with E-state index >= 15 is 0 Å². The first kappa shape index (κ1) is 11.0. The van der Waals surface area contributed by atoms with Gasteiger partial charge >= 0.3 is 0 Å². The summed E-state index contributed by atoms with van der Waals surface area (Å²) in [5.74, 6) is 1.27. The second-order valence-electron chi connectivity index (χ2n) is 3.14. The summed E-state index contributed by atoms with van der Waals surface area (Å²) < 4.78 is 9.32. The van der Waals surface area contributed by atoms with Crippen LogP contribution in [0.15, 0.2) is 18.3 Å². The highest BCUT2D eigenvalue weighted by Crippen LogP contribution is 2.20. The van der Waals surface area contributed by atoms with Gasteiger partial charge in [0, 0.05) is 24.2 Å². The highest BCUT2D eigenvalue weighted by molar-refractivity contribution is 7.05. The van der Waals surface area contributed by atoms with E-state index in [-0.39, 0.29) is 0 Å². The van der Waals surface area contributed by atoms with E-state index < -0.39 is 0 Å². The number of nitrogens with zero attached hydrogens (tertiary/aromatic N) is 3. The lowest BCUT2D eigenvalue weighted by atomic mass is 10.2. The summed E-state index contributed by atoms with van der Waals surface area (Å²) in [6.45, 7) is 0.592. The third kappa shape index (κ3) is 2.34. The van der Waals surface area contributed by atoms with Crippen molar-refractivity contribution in [2.45, 2.75) is 6.42 Å². The molecule has 0 saturated carbocycles. The standard InChI is InChI=1S/C10H12N4OS/c1-15-8-6-7(3-5-12-8)10-13-9(2-4-11)16-14-10/h3,5-6H,2,4,11H2,1H3. The van der Waals surface area contributed by atoms with Gasteiger partial charge in [0.25, 0.3) is 0 Å². The Labute approximate surface area is 97.5 Å².